The fourth-order valence-electron chi connectivity index (χ4n) is 1.86. The van der Waals surface area contributed by atoms with Gasteiger partial charge in [0.25, 0.3) is 5.91 Å². The summed E-state index contributed by atoms with van der Waals surface area (Å²) < 4.78 is 14.5. The summed E-state index contributed by atoms with van der Waals surface area (Å²) in [6, 6.07) is 7.76. The third-order valence-corrected chi connectivity index (χ3v) is 4.32. The Hall–Kier alpha value is -1.36. The van der Waals surface area contributed by atoms with Gasteiger partial charge in [-0.05, 0) is 24.3 Å². The molecule has 0 aliphatic rings. The van der Waals surface area contributed by atoms with Crippen LogP contribution in [0.25, 0.3) is 0 Å². The van der Waals surface area contributed by atoms with Gasteiger partial charge in [-0.25, -0.2) is 4.39 Å². The van der Waals surface area contributed by atoms with E-state index in [0.29, 0.717) is 17.4 Å². The van der Waals surface area contributed by atoms with Crippen molar-refractivity contribution in [2.45, 2.75) is 6.54 Å². The summed E-state index contributed by atoms with van der Waals surface area (Å²) in [7, 11) is 0. The van der Waals surface area contributed by atoms with Crippen molar-refractivity contribution in [1.29, 1.82) is 0 Å². The molecule has 1 aromatic heterocycles. The number of amides is 1. The number of halogens is 3. The number of hydrogen-bond donors (Lipinski definition) is 0. The van der Waals surface area contributed by atoms with Gasteiger partial charge in [0, 0.05) is 11.4 Å². The molecule has 0 saturated heterocycles. The van der Waals surface area contributed by atoms with Crippen LogP contribution in [0.15, 0.2) is 43.0 Å². The first-order valence-electron chi connectivity index (χ1n) is 6.11. The van der Waals surface area contributed by atoms with Crippen LogP contribution >= 0.6 is 34.5 Å². The van der Waals surface area contributed by atoms with E-state index in [9.17, 15) is 9.18 Å². The molecule has 0 fully saturated rings. The molecular weight excluding hydrogens is 332 g/mol. The molecule has 0 unspecified atom stereocenters. The van der Waals surface area contributed by atoms with Crippen molar-refractivity contribution < 1.29 is 9.18 Å². The average molecular weight is 344 g/mol. The highest BCUT2D eigenvalue weighted by Crippen LogP contribution is 2.25. The molecule has 6 heteroatoms. The van der Waals surface area contributed by atoms with Crippen LogP contribution < -0.4 is 0 Å². The van der Waals surface area contributed by atoms with Crippen molar-refractivity contribution in [3.63, 3.8) is 0 Å². The maximum atomic E-state index is 13.9. The maximum Gasteiger partial charge on any atom is 0.258 e. The minimum atomic E-state index is -0.634. The van der Waals surface area contributed by atoms with Gasteiger partial charge in [0.15, 0.2) is 0 Å². The first-order valence-corrected chi connectivity index (χ1v) is 7.68. The second-order valence-corrected chi connectivity index (χ2v) is 6.48. The number of hydrogen-bond acceptors (Lipinski definition) is 2. The second-order valence-electron chi connectivity index (χ2n) is 4.28. The van der Waals surface area contributed by atoms with E-state index in [0.717, 1.165) is 4.88 Å². The quantitative estimate of drug-likeness (QED) is 0.697. The fourth-order valence-corrected chi connectivity index (χ4v) is 3.21. The van der Waals surface area contributed by atoms with E-state index in [1.54, 1.807) is 12.1 Å². The summed E-state index contributed by atoms with van der Waals surface area (Å²) in [4.78, 5) is 14.9. The van der Waals surface area contributed by atoms with Crippen LogP contribution in [0.2, 0.25) is 9.36 Å². The van der Waals surface area contributed by atoms with E-state index in [2.05, 4.69) is 6.58 Å². The molecule has 2 rings (SSSR count). The third kappa shape index (κ3) is 3.84. The molecule has 0 N–H and O–H groups in total. The summed E-state index contributed by atoms with van der Waals surface area (Å²) in [5, 5.41) is 0.0956. The van der Waals surface area contributed by atoms with E-state index in [1.165, 1.54) is 34.4 Å². The number of nitrogens with zero attached hydrogens (tertiary/aromatic N) is 1. The Morgan fingerprint density at radius 1 is 1.33 bits per heavy atom. The molecule has 0 atom stereocenters. The van der Waals surface area contributed by atoms with Gasteiger partial charge in [0.1, 0.15) is 5.82 Å². The summed E-state index contributed by atoms with van der Waals surface area (Å²) >= 11 is 13.2. The third-order valence-electron chi connectivity index (χ3n) is 2.79. The molecule has 2 aromatic rings. The maximum absolute atomic E-state index is 13.9. The zero-order valence-electron chi connectivity index (χ0n) is 11.0. The van der Waals surface area contributed by atoms with E-state index < -0.39 is 11.7 Å². The predicted octanol–water partition coefficient (Wildman–Crippen LogP) is 5.02. The van der Waals surface area contributed by atoms with Crippen LogP contribution in [0, 0.1) is 5.82 Å². The van der Waals surface area contributed by atoms with Gasteiger partial charge in [-0.1, -0.05) is 35.3 Å². The molecule has 21 heavy (non-hydrogen) atoms. The van der Waals surface area contributed by atoms with Gasteiger partial charge in [0.2, 0.25) is 0 Å². The van der Waals surface area contributed by atoms with Crippen LogP contribution in [0.3, 0.4) is 0 Å². The Morgan fingerprint density at radius 2 is 2.10 bits per heavy atom. The number of benzene rings is 1. The van der Waals surface area contributed by atoms with Gasteiger partial charge in [-0.3, -0.25) is 4.79 Å². The van der Waals surface area contributed by atoms with Crippen LogP contribution in [0.5, 0.6) is 0 Å². The average Bonchev–Trinajstić information content (AvgIpc) is 2.83. The van der Waals surface area contributed by atoms with Gasteiger partial charge in [-0.2, -0.15) is 0 Å². The van der Waals surface area contributed by atoms with Crippen molar-refractivity contribution in [1.82, 2.24) is 4.90 Å². The largest absolute Gasteiger partial charge is 0.330 e. The highest BCUT2D eigenvalue weighted by molar-refractivity contribution is 7.16. The first-order chi connectivity index (χ1) is 10.0. The minimum Gasteiger partial charge on any atom is -0.330 e. The van der Waals surface area contributed by atoms with Crippen LogP contribution in [-0.4, -0.2) is 17.4 Å². The van der Waals surface area contributed by atoms with Gasteiger partial charge in [0.05, 0.1) is 21.5 Å². The summed E-state index contributed by atoms with van der Waals surface area (Å²) in [5.41, 5.74) is -0.122. The second kappa shape index (κ2) is 7.07. The minimum absolute atomic E-state index is 0.0956. The molecule has 0 saturated carbocycles. The molecule has 1 aromatic carbocycles. The lowest BCUT2D eigenvalue weighted by atomic mass is 10.1. The Balaban J connectivity index is 2.29. The molecule has 0 spiro atoms. The van der Waals surface area contributed by atoms with Gasteiger partial charge >= 0.3 is 0 Å². The highest BCUT2D eigenvalue weighted by Gasteiger charge is 2.22. The van der Waals surface area contributed by atoms with Crippen LogP contribution in [-0.2, 0) is 6.54 Å². The normalized spacial score (nSPS) is 10.4. The predicted molar refractivity (Wildman–Crippen MR) is 85.7 cm³/mol. The molecule has 0 aliphatic heterocycles. The number of carbonyl (C=O) groups is 1. The SMILES string of the molecule is C=CCN(Cc1ccc(Cl)s1)C(=O)c1c(F)cccc1Cl. The molecule has 1 amide bonds. The number of carbonyl (C=O) groups excluding carboxylic acids is 1. The van der Waals surface area contributed by atoms with Crippen molar-refractivity contribution in [3.05, 3.63) is 68.6 Å². The molecule has 0 bridgehead atoms. The summed E-state index contributed by atoms with van der Waals surface area (Å²) in [5.74, 6) is -1.10. The van der Waals surface area contributed by atoms with Crippen molar-refractivity contribution in [2.24, 2.45) is 0 Å². The lowest BCUT2D eigenvalue weighted by Crippen LogP contribution is -2.31. The van der Waals surface area contributed by atoms with E-state index in [-0.39, 0.29) is 10.6 Å². The van der Waals surface area contributed by atoms with Gasteiger partial charge in [-0.15, -0.1) is 17.9 Å². The molecule has 110 valence electrons. The molecule has 0 aliphatic carbocycles. The van der Waals surface area contributed by atoms with Crippen molar-refractivity contribution in [2.75, 3.05) is 6.54 Å². The van der Waals surface area contributed by atoms with Gasteiger partial charge < -0.3 is 4.90 Å². The first kappa shape index (κ1) is 16.0. The molecule has 1 heterocycles. The standard InChI is InChI=1S/C15H12Cl2FNOS/c1-2-8-19(9-10-6-7-13(17)21-10)15(20)14-11(16)4-3-5-12(14)18/h2-7H,1,8-9H2. The lowest BCUT2D eigenvalue weighted by Gasteiger charge is -2.21. The van der Waals surface area contributed by atoms with E-state index in [1.807, 2.05) is 6.07 Å². The molecular formula is C15H12Cl2FNOS. The fraction of sp³-hybridized carbons (Fsp3) is 0.133. The van der Waals surface area contributed by atoms with Crippen LogP contribution in [0.4, 0.5) is 4.39 Å². The van der Waals surface area contributed by atoms with Crippen LogP contribution in [0.1, 0.15) is 15.2 Å². The highest BCUT2D eigenvalue weighted by atomic mass is 35.5. The Kier molecular flexibility index (Phi) is 5.39. The smallest absolute Gasteiger partial charge is 0.258 e. The molecule has 2 nitrogen and oxygen atoms in total. The van der Waals surface area contributed by atoms with E-state index >= 15 is 0 Å². The molecule has 0 radical (unpaired) electrons. The van der Waals surface area contributed by atoms with Crippen molar-refractivity contribution >= 4 is 40.4 Å². The Morgan fingerprint density at radius 3 is 2.67 bits per heavy atom. The zero-order valence-corrected chi connectivity index (χ0v) is 13.3. The Bertz CT molecular complexity index is 651. The summed E-state index contributed by atoms with van der Waals surface area (Å²) in [6.07, 6.45) is 1.59. The summed E-state index contributed by atoms with van der Waals surface area (Å²) in [6.45, 7) is 4.24. The number of rotatable bonds is 5. The van der Waals surface area contributed by atoms with Crippen molar-refractivity contribution in [3.8, 4) is 0 Å². The topological polar surface area (TPSA) is 20.3 Å². The lowest BCUT2D eigenvalue weighted by molar-refractivity contribution is 0.0759. The zero-order chi connectivity index (χ0) is 15.4. The van der Waals surface area contributed by atoms with E-state index in [4.69, 9.17) is 23.2 Å². The number of thiophene rings is 1. The monoisotopic (exact) mass is 343 g/mol. The Labute approximate surface area is 136 Å².